The number of hydrogen-bond acceptors (Lipinski definition) is 5. The van der Waals surface area contributed by atoms with Gasteiger partial charge in [0.1, 0.15) is 5.75 Å². The number of non-ortho nitro benzene ring substituents is 1. The Morgan fingerprint density at radius 2 is 1.72 bits per heavy atom. The molecule has 0 spiro atoms. The van der Waals surface area contributed by atoms with E-state index in [1.54, 1.807) is 24.3 Å². The highest BCUT2D eigenvalue weighted by Crippen LogP contribution is 2.28. The van der Waals surface area contributed by atoms with Gasteiger partial charge in [-0.15, -0.1) is 0 Å². The van der Waals surface area contributed by atoms with Crippen LogP contribution in [0.15, 0.2) is 42.5 Å². The minimum absolute atomic E-state index is 0.0432. The highest BCUT2D eigenvalue weighted by Gasteiger charge is 2.11. The fraction of sp³-hybridized carbons (Fsp3) is 0.125. The minimum Gasteiger partial charge on any atom is -0.482 e. The summed E-state index contributed by atoms with van der Waals surface area (Å²) in [6.07, 6.45) is 0. The monoisotopic (exact) mass is 363 g/mol. The molecule has 25 heavy (non-hydrogen) atoms. The van der Waals surface area contributed by atoms with E-state index in [2.05, 4.69) is 10.6 Å². The number of rotatable bonds is 6. The summed E-state index contributed by atoms with van der Waals surface area (Å²) in [4.78, 5) is 32.9. The lowest BCUT2D eigenvalue weighted by atomic mass is 10.2. The van der Waals surface area contributed by atoms with E-state index in [1.165, 1.54) is 19.1 Å². The number of nitrogens with zero attached hydrogens (tertiary/aromatic N) is 1. The molecule has 0 saturated heterocycles. The number of benzene rings is 2. The lowest BCUT2D eigenvalue weighted by molar-refractivity contribution is -0.384. The van der Waals surface area contributed by atoms with E-state index < -0.39 is 10.8 Å². The van der Waals surface area contributed by atoms with E-state index in [1.807, 2.05) is 0 Å². The third-order valence-electron chi connectivity index (χ3n) is 2.97. The van der Waals surface area contributed by atoms with Crippen LogP contribution in [0.1, 0.15) is 6.92 Å². The highest BCUT2D eigenvalue weighted by molar-refractivity contribution is 6.32. The van der Waals surface area contributed by atoms with Gasteiger partial charge in [0.2, 0.25) is 5.91 Å². The van der Waals surface area contributed by atoms with Gasteiger partial charge >= 0.3 is 0 Å². The van der Waals surface area contributed by atoms with E-state index in [4.69, 9.17) is 16.3 Å². The van der Waals surface area contributed by atoms with Crippen molar-refractivity contribution in [3.05, 3.63) is 57.6 Å². The van der Waals surface area contributed by atoms with Gasteiger partial charge in [-0.2, -0.15) is 0 Å². The Morgan fingerprint density at radius 1 is 1.12 bits per heavy atom. The van der Waals surface area contributed by atoms with Gasteiger partial charge in [-0.25, -0.2) is 0 Å². The van der Waals surface area contributed by atoms with Crippen LogP contribution >= 0.6 is 11.6 Å². The van der Waals surface area contributed by atoms with Gasteiger partial charge in [-0.05, 0) is 30.3 Å². The number of ether oxygens (including phenoxy) is 1. The Morgan fingerprint density at radius 3 is 2.24 bits per heavy atom. The average Bonchev–Trinajstić information content (AvgIpc) is 2.55. The summed E-state index contributed by atoms with van der Waals surface area (Å²) in [6, 6.07) is 10.3. The number of nitrogens with one attached hydrogen (secondary N) is 2. The first-order valence-electron chi connectivity index (χ1n) is 7.09. The fourth-order valence-corrected chi connectivity index (χ4v) is 2.13. The first kappa shape index (κ1) is 18.2. The van der Waals surface area contributed by atoms with Crippen LogP contribution in [0, 0.1) is 10.1 Å². The number of hydrogen-bond donors (Lipinski definition) is 2. The molecule has 0 fully saturated rings. The van der Waals surface area contributed by atoms with Crippen LogP contribution in [0.2, 0.25) is 5.02 Å². The van der Waals surface area contributed by atoms with E-state index in [0.29, 0.717) is 11.4 Å². The van der Waals surface area contributed by atoms with Gasteiger partial charge in [0.15, 0.2) is 6.61 Å². The van der Waals surface area contributed by atoms with Crippen LogP contribution in [0.5, 0.6) is 5.75 Å². The van der Waals surface area contributed by atoms with Crippen LogP contribution in [0.4, 0.5) is 17.1 Å². The molecule has 0 saturated carbocycles. The van der Waals surface area contributed by atoms with Crippen molar-refractivity contribution in [2.45, 2.75) is 6.92 Å². The fourth-order valence-electron chi connectivity index (χ4n) is 1.90. The molecular weight excluding hydrogens is 350 g/mol. The quantitative estimate of drug-likeness (QED) is 0.604. The second kappa shape index (κ2) is 8.11. The Bertz CT molecular complexity index is 808. The van der Waals surface area contributed by atoms with Gasteiger partial charge in [0.25, 0.3) is 11.6 Å². The Kier molecular flexibility index (Phi) is 5.91. The standard InChI is InChI=1S/C16H14ClN3O5/c1-10(21)18-11-2-4-12(5-3-11)19-16(22)9-25-15-7-6-13(20(23)24)8-14(15)17/h2-8H,9H2,1H3,(H,18,21)(H,19,22). The summed E-state index contributed by atoms with van der Waals surface area (Å²) >= 11 is 5.88. The van der Waals surface area contributed by atoms with Crippen LogP contribution in [0.25, 0.3) is 0 Å². The maximum Gasteiger partial charge on any atom is 0.271 e. The molecule has 2 rings (SSSR count). The average molecular weight is 364 g/mol. The Labute approximate surface area is 147 Å². The van der Waals surface area contributed by atoms with Crippen LogP contribution in [0.3, 0.4) is 0 Å². The number of carbonyl (C=O) groups excluding carboxylic acids is 2. The van der Waals surface area contributed by atoms with Gasteiger partial charge in [0, 0.05) is 30.4 Å². The zero-order valence-corrected chi connectivity index (χ0v) is 13.9. The van der Waals surface area contributed by atoms with Gasteiger partial charge < -0.3 is 15.4 Å². The molecular formula is C16H14ClN3O5. The smallest absolute Gasteiger partial charge is 0.271 e. The van der Waals surface area contributed by atoms with Crippen molar-refractivity contribution in [1.29, 1.82) is 0 Å². The molecule has 2 aromatic carbocycles. The van der Waals surface area contributed by atoms with Crippen LogP contribution < -0.4 is 15.4 Å². The number of anilines is 2. The van der Waals surface area contributed by atoms with Gasteiger partial charge in [-0.3, -0.25) is 19.7 Å². The molecule has 0 unspecified atom stereocenters. The van der Waals surface area contributed by atoms with Crippen molar-refractivity contribution < 1.29 is 19.2 Å². The van der Waals surface area contributed by atoms with E-state index in [0.717, 1.165) is 6.07 Å². The summed E-state index contributed by atoms with van der Waals surface area (Å²) in [5.74, 6) is -0.449. The molecule has 0 aromatic heterocycles. The summed E-state index contributed by atoms with van der Waals surface area (Å²) in [5, 5.41) is 15.9. The predicted molar refractivity (Wildman–Crippen MR) is 93.0 cm³/mol. The zero-order chi connectivity index (χ0) is 18.4. The summed E-state index contributed by atoms with van der Waals surface area (Å²) in [5.41, 5.74) is 0.970. The molecule has 0 aliphatic heterocycles. The molecule has 0 aliphatic carbocycles. The van der Waals surface area contributed by atoms with E-state index >= 15 is 0 Å². The maximum absolute atomic E-state index is 11.9. The van der Waals surface area contributed by atoms with E-state index in [9.17, 15) is 19.7 Å². The SMILES string of the molecule is CC(=O)Nc1ccc(NC(=O)COc2ccc([N+](=O)[O-])cc2Cl)cc1. The van der Waals surface area contributed by atoms with Gasteiger partial charge in [-0.1, -0.05) is 11.6 Å². The second-order valence-electron chi connectivity index (χ2n) is 4.97. The van der Waals surface area contributed by atoms with Crippen molar-refractivity contribution in [3.63, 3.8) is 0 Å². The maximum atomic E-state index is 11.9. The van der Waals surface area contributed by atoms with E-state index in [-0.39, 0.29) is 29.0 Å². The molecule has 0 bridgehead atoms. The van der Waals surface area contributed by atoms with Crippen LogP contribution in [-0.4, -0.2) is 23.3 Å². The minimum atomic E-state index is -0.576. The Hall–Kier alpha value is -3.13. The normalized spacial score (nSPS) is 10.0. The lowest BCUT2D eigenvalue weighted by Gasteiger charge is -2.09. The number of carbonyl (C=O) groups is 2. The van der Waals surface area contributed by atoms with Crippen molar-refractivity contribution >= 4 is 40.5 Å². The molecule has 0 atom stereocenters. The lowest BCUT2D eigenvalue weighted by Crippen LogP contribution is -2.20. The van der Waals surface area contributed by atoms with Crippen molar-refractivity contribution in [1.82, 2.24) is 0 Å². The van der Waals surface area contributed by atoms with Crippen molar-refractivity contribution in [3.8, 4) is 5.75 Å². The summed E-state index contributed by atoms with van der Waals surface area (Å²) < 4.78 is 5.26. The third-order valence-corrected chi connectivity index (χ3v) is 3.27. The molecule has 0 radical (unpaired) electrons. The molecule has 9 heteroatoms. The molecule has 2 amide bonds. The van der Waals surface area contributed by atoms with Crippen molar-refractivity contribution in [2.24, 2.45) is 0 Å². The highest BCUT2D eigenvalue weighted by atomic mass is 35.5. The molecule has 8 nitrogen and oxygen atoms in total. The first-order valence-corrected chi connectivity index (χ1v) is 7.47. The first-order chi connectivity index (χ1) is 11.8. The predicted octanol–water partition coefficient (Wildman–Crippen LogP) is 3.22. The molecule has 2 aromatic rings. The summed E-state index contributed by atoms with van der Waals surface area (Å²) in [7, 11) is 0. The summed E-state index contributed by atoms with van der Waals surface area (Å²) in [6.45, 7) is 1.08. The number of nitro groups is 1. The number of halogens is 1. The second-order valence-corrected chi connectivity index (χ2v) is 5.37. The Balaban J connectivity index is 1.90. The topological polar surface area (TPSA) is 111 Å². The molecule has 130 valence electrons. The largest absolute Gasteiger partial charge is 0.482 e. The van der Waals surface area contributed by atoms with Crippen LogP contribution in [-0.2, 0) is 9.59 Å². The molecule has 0 heterocycles. The van der Waals surface area contributed by atoms with Crippen molar-refractivity contribution in [2.75, 3.05) is 17.2 Å². The zero-order valence-electron chi connectivity index (χ0n) is 13.1. The third kappa shape index (κ3) is 5.47. The molecule has 0 aliphatic rings. The number of amides is 2. The molecule has 2 N–H and O–H groups in total. The number of nitro benzene ring substituents is 1. The van der Waals surface area contributed by atoms with Gasteiger partial charge in [0.05, 0.1) is 9.95 Å².